The minimum Gasteiger partial charge on any atom is -0.478 e. The summed E-state index contributed by atoms with van der Waals surface area (Å²) in [4.78, 5) is 4.26. The van der Waals surface area contributed by atoms with Gasteiger partial charge in [0.05, 0.1) is 11.5 Å². The number of alkyl halides is 2. The van der Waals surface area contributed by atoms with E-state index in [1.165, 1.54) is 12.1 Å². The van der Waals surface area contributed by atoms with Gasteiger partial charge in [0.2, 0.25) is 5.88 Å². The maximum atomic E-state index is 14.6. The van der Waals surface area contributed by atoms with Crippen molar-refractivity contribution >= 4 is 9.84 Å². The first-order valence-corrected chi connectivity index (χ1v) is 11.3. The highest BCUT2D eigenvalue weighted by molar-refractivity contribution is 7.90. The maximum Gasteiger partial charge on any atom is 0.287 e. The molecule has 0 fully saturated rings. The predicted molar refractivity (Wildman–Crippen MR) is 114 cm³/mol. The van der Waals surface area contributed by atoms with E-state index < -0.39 is 15.8 Å². The Balaban J connectivity index is 2.33. The molecule has 0 unspecified atom stereocenters. The molecule has 0 aliphatic rings. The predicted octanol–water partition coefficient (Wildman–Crippen LogP) is 5.64. The monoisotopic (exact) mass is 431 g/mol. The minimum atomic E-state index is -3.37. The molecule has 0 aliphatic heterocycles. The van der Waals surface area contributed by atoms with Gasteiger partial charge in [0, 0.05) is 24.8 Å². The molecule has 3 aromatic rings. The van der Waals surface area contributed by atoms with Crippen molar-refractivity contribution in [1.82, 2.24) is 4.98 Å². The fraction of sp³-hybridized carbons (Fsp3) is 0.261. The van der Waals surface area contributed by atoms with E-state index in [1.807, 2.05) is 19.1 Å². The van der Waals surface area contributed by atoms with E-state index in [9.17, 15) is 17.2 Å². The lowest BCUT2D eigenvalue weighted by Crippen LogP contribution is -2.14. The van der Waals surface area contributed by atoms with E-state index in [-0.39, 0.29) is 28.6 Å². The van der Waals surface area contributed by atoms with Gasteiger partial charge in [0.25, 0.3) is 5.92 Å². The van der Waals surface area contributed by atoms with Crippen LogP contribution in [0, 0.1) is 6.92 Å². The van der Waals surface area contributed by atoms with Crippen molar-refractivity contribution in [2.45, 2.75) is 31.6 Å². The molecule has 0 spiro atoms. The van der Waals surface area contributed by atoms with Crippen molar-refractivity contribution in [1.29, 1.82) is 0 Å². The summed E-state index contributed by atoms with van der Waals surface area (Å²) in [5, 5.41) is 0. The Bertz CT molecular complexity index is 1150. The first-order chi connectivity index (χ1) is 14.0. The molecular formula is C23H23F2NO3S. The van der Waals surface area contributed by atoms with Gasteiger partial charge in [-0.25, -0.2) is 13.4 Å². The Kier molecular flexibility index (Phi) is 5.94. The summed E-state index contributed by atoms with van der Waals surface area (Å²) >= 11 is 0. The summed E-state index contributed by atoms with van der Waals surface area (Å²) in [5.74, 6) is -3.12. The van der Waals surface area contributed by atoms with E-state index in [0.29, 0.717) is 16.7 Å². The molecule has 0 saturated heterocycles. The van der Waals surface area contributed by atoms with Crippen LogP contribution in [-0.4, -0.2) is 26.3 Å². The Hall–Kier alpha value is -2.80. The maximum absolute atomic E-state index is 14.6. The summed E-state index contributed by atoms with van der Waals surface area (Å²) in [6.07, 6.45) is 1.12. The third-order valence-electron chi connectivity index (χ3n) is 4.64. The standard InChI is InChI=1S/C23H23F2NO3S/c1-5-29-20-14-19(16-10-12-18(13-11-16)30(4,27)28)21(22(26-20)23(3,24)25)17-8-6-15(2)7-9-17/h6-14H,5H2,1-4H3. The molecule has 4 nitrogen and oxygen atoms in total. The van der Waals surface area contributed by atoms with Crippen molar-refractivity contribution in [3.05, 3.63) is 65.9 Å². The van der Waals surface area contributed by atoms with Crippen LogP contribution in [-0.2, 0) is 15.8 Å². The molecular weight excluding hydrogens is 408 g/mol. The highest BCUT2D eigenvalue weighted by Gasteiger charge is 2.33. The zero-order valence-corrected chi connectivity index (χ0v) is 18.1. The van der Waals surface area contributed by atoms with E-state index in [2.05, 4.69) is 4.98 Å². The number of sulfone groups is 1. The number of aryl methyl sites for hydroxylation is 1. The first-order valence-electron chi connectivity index (χ1n) is 9.44. The summed E-state index contributed by atoms with van der Waals surface area (Å²) in [5.41, 5.74) is 2.58. The number of pyridine rings is 1. The molecule has 1 heterocycles. The highest BCUT2D eigenvalue weighted by Crippen LogP contribution is 2.42. The number of halogens is 2. The van der Waals surface area contributed by atoms with Crippen LogP contribution in [0.4, 0.5) is 8.78 Å². The molecule has 3 rings (SSSR count). The van der Waals surface area contributed by atoms with Crippen molar-refractivity contribution < 1.29 is 21.9 Å². The second kappa shape index (κ2) is 8.14. The van der Waals surface area contributed by atoms with Crippen molar-refractivity contribution in [3.63, 3.8) is 0 Å². The van der Waals surface area contributed by atoms with Gasteiger partial charge in [-0.05, 0) is 42.7 Å². The van der Waals surface area contributed by atoms with Crippen LogP contribution >= 0.6 is 0 Å². The van der Waals surface area contributed by atoms with Crippen LogP contribution in [0.3, 0.4) is 0 Å². The quantitative estimate of drug-likeness (QED) is 0.507. The fourth-order valence-electron chi connectivity index (χ4n) is 3.18. The van der Waals surface area contributed by atoms with Gasteiger partial charge in [-0.3, -0.25) is 0 Å². The average molecular weight is 432 g/mol. The summed E-state index contributed by atoms with van der Waals surface area (Å²) in [7, 11) is -3.37. The van der Waals surface area contributed by atoms with Crippen LogP contribution < -0.4 is 4.74 Å². The van der Waals surface area contributed by atoms with Crippen molar-refractivity contribution in [2.75, 3.05) is 12.9 Å². The van der Waals surface area contributed by atoms with Gasteiger partial charge < -0.3 is 4.74 Å². The van der Waals surface area contributed by atoms with Gasteiger partial charge in [-0.15, -0.1) is 0 Å². The number of hydrogen-bond donors (Lipinski definition) is 0. The van der Waals surface area contributed by atoms with Crippen LogP contribution in [0.2, 0.25) is 0 Å². The molecule has 0 atom stereocenters. The Morgan fingerprint density at radius 2 is 1.57 bits per heavy atom. The normalized spacial score (nSPS) is 12.1. The van der Waals surface area contributed by atoms with Crippen LogP contribution in [0.15, 0.2) is 59.5 Å². The van der Waals surface area contributed by atoms with Crippen molar-refractivity contribution in [2.24, 2.45) is 0 Å². The number of benzene rings is 2. The lowest BCUT2D eigenvalue weighted by Gasteiger charge is -2.20. The summed E-state index contributed by atoms with van der Waals surface area (Å²) in [6.45, 7) is 4.75. The molecule has 0 N–H and O–H groups in total. The second-order valence-electron chi connectivity index (χ2n) is 7.22. The minimum absolute atomic E-state index is 0.0899. The zero-order chi connectivity index (χ0) is 22.1. The lowest BCUT2D eigenvalue weighted by atomic mass is 9.91. The molecule has 0 aliphatic carbocycles. The van der Waals surface area contributed by atoms with Gasteiger partial charge in [0.1, 0.15) is 5.69 Å². The van der Waals surface area contributed by atoms with E-state index >= 15 is 0 Å². The lowest BCUT2D eigenvalue weighted by molar-refractivity contribution is 0.0128. The van der Waals surface area contributed by atoms with Crippen molar-refractivity contribution in [3.8, 4) is 28.1 Å². The van der Waals surface area contributed by atoms with E-state index in [4.69, 9.17) is 4.74 Å². The van der Waals surface area contributed by atoms with Crippen LogP contribution in [0.1, 0.15) is 25.1 Å². The van der Waals surface area contributed by atoms with Gasteiger partial charge in [-0.2, -0.15) is 8.78 Å². The molecule has 0 bridgehead atoms. The molecule has 158 valence electrons. The summed E-state index contributed by atoms with van der Waals surface area (Å²) < 4.78 is 58.3. The number of rotatable bonds is 6. The second-order valence-corrected chi connectivity index (χ2v) is 9.23. The van der Waals surface area contributed by atoms with Gasteiger partial charge in [-0.1, -0.05) is 42.0 Å². The molecule has 30 heavy (non-hydrogen) atoms. The van der Waals surface area contributed by atoms with Gasteiger partial charge >= 0.3 is 0 Å². The fourth-order valence-corrected chi connectivity index (χ4v) is 3.81. The third kappa shape index (κ3) is 4.67. The summed E-state index contributed by atoms with van der Waals surface area (Å²) in [6, 6.07) is 15.0. The Labute approximate surface area is 175 Å². The van der Waals surface area contributed by atoms with E-state index in [0.717, 1.165) is 18.7 Å². The average Bonchev–Trinajstić information content (AvgIpc) is 2.67. The SMILES string of the molecule is CCOc1cc(-c2ccc(S(C)(=O)=O)cc2)c(-c2ccc(C)cc2)c(C(C)(F)F)n1. The third-order valence-corrected chi connectivity index (χ3v) is 5.77. The number of nitrogens with zero attached hydrogens (tertiary/aromatic N) is 1. The zero-order valence-electron chi connectivity index (χ0n) is 17.2. The molecule has 0 saturated carbocycles. The molecule has 0 radical (unpaired) electrons. The van der Waals surface area contributed by atoms with Crippen LogP contribution in [0.25, 0.3) is 22.3 Å². The largest absolute Gasteiger partial charge is 0.478 e. The molecule has 7 heteroatoms. The first kappa shape index (κ1) is 21.9. The highest BCUT2D eigenvalue weighted by atomic mass is 32.2. The smallest absolute Gasteiger partial charge is 0.287 e. The van der Waals surface area contributed by atoms with Crippen LogP contribution in [0.5, 0.6) is 5.88 Å². The van der Waals surface area contributed by atoms with Gasteiger partial charge in [0.15, 0.2) is 9.84 Å². The number of hydrogen-bond acceptors (Lipinski definition) is 4. The molecule has 1 aromatic heterocycles. The molecule has 2 aromatic carbocycles. The Morgan fingerprint density at radius 1 is 1.00 bits per heavy atom. The Morgan fingerprint density at radius 3 is 2.07 bits per heavy atom. The number of ether oxygens (including phenoxy) is 1. The number of aromatic nitrogens is 1. The topological polar surface area (TPSA) is 56.3 Å². The van der Waals surface area contributed by atoms with E-state index in [1.54, 1.807) is 37.3 Å². The molecule has 0 amide bonds.